The van der Waals surface area contributed by atoms with Crippen LogP contribution in [0.2, 0.25) is 0 Å². The Hall–Kier alpha value is -2.56. The predicted octanol–water partition coefficient (Wildman–Crippen LogP) is 0.887. The Morgan fingerprint density at radius 2 is 2.15 bits per heavy atom. The highest BCUT2D eigenvalue weighted by atomic mass is 32.1. The fraction of sp³-hybridized carbons (Fsp3) is 0.375. The third-order valence-corrected chi connectivity index (χ3v) is 5.12. The molecule has 10 heteroatoms. The molecule has 0 atom stereocenters. The molecule has 1 aliphatic rings. The van der Waals surface area contributed by atoms with Crippen LogP contribution in [0.3, 0.4) is 0 Å². The molecule has 0 spiro atoms. The monoisotopic (exact) mass is 372 g/mol. The first kappa shape index (κ1) is 16.9. The lowest BCUT2D eigenvalue weighted by Gasteiger charge is -2.26. The van der Waals surface area contributed by atoms with Crippen molar-refractivity contribution in [2.45, 2.75) is 6.54 Å². The van der Waals surface area contributed by atoms with E-state index in [1.807, 2.05) is 10.9 Å². The minimum atomic E-state index is -0.238. The average Bonchev–Trinajstić information content (AvgIpc) is 3.41. The smallest absolute Gasteiger partial charge is 0.275 e. The number of piperazine rings is 1. The van der Waals surface area contributed by atoms with Crippen molar-refractivity contribution in [3.05, 3.63) is 35.9 Å². The first-order valence-electron chi connectivity index (χ1n) is 8.49. The van der Waals surface area contributed by atoms with Crippen molar-refractivity contribution in [1.82, 2.24) is 35.2 Å². The third-order valence-electron chi connectivity index (χ3n) is 4.23. The maximum absolute atomic E-state index is 12.4. The zero-order valence-electron chi connectivity index (χ0n) is 14.2. The van der Waals surface area contributed by atoms with Gasteiger partial charge in [0.2, 0.25) is 0 Å². The van der Waals surface area contributed by atoms with E-state index >= 15 is 0 Å². The summed E-state index contributed by atoms with van der Waals surface area (Å²) in [5.74, 6) is -0.238. The molecular weight excluding hydrogens is 352 g/mol. The van der Waals surface area contributed by atoms with E-state index < -0.39 is 0 Å². The third kappa shape index (κ3) is 3.98. The van der Waals surface area contributed by atoms with Gasteiger partial charge in [-0.25, -0.2) is 4.98 Å². The lowest BCUT2D eigenvalue weighted by molar-refractivity contribution is 0.102. The van der Waals surface area contributed by atoms with Crippen molar-refractivity contribution in [3.8, 4) is 10.6 Å². The molecule has 1 aliphatic heterocycles. The number of carbonyl (C=O) groups is 1. The van der Waals surface area contributed by atoms with E-state index in [0.717, 1.165) is 49.8 Å². The van der Waals surface area contributed by atoms with Crippen LogP contribution in [0.4, 0.5) is 5.69 Å². The minimum absolute atomic E-state index is 0.238. The molecule has 3 aromatic rings. The molecule has 4 heterocycles. The summed E-state index contributed by atoms with van der Waals surface area (Å²) in [5.41, 5.74) is 1.93. The summed E-state index contributed by atoms with van der Waals surface area (Å²) >= 11 is 1.41. The number of amides is 1. The van der Waals surface area contributed by atoms with Crippen LogP contribution in [0.5, 0.6) is 0 Å². The van der Waals surface area contributed by atoms with E-state index in [2.05, 4.69) is 35.8 Å². The Bertz CT molecular complexity index is 849. The van der Waals surface area contributed by atoms with Gasteiger partial charge in [0.15, 0.2) is 0 Å². The first-order chi connectivity index (χ1) is 12.8. The van der Waals surface area contributed by atoms with Crippen LogP contribution in [-0.2, 0) is 6.54 Å². The maximum atomic E-state index is 12.4. The highest BCUT2D eigenvalue weighted by Crippen LogP contribution is 2.22. The molecule has 0 bridgehead atoms. The topological polar surface area (TPSA) is 104 Å². The second kappa shape index (κ2) is 7.77. The quantitative estimate of drug-likeness (QED) is 0.594. The van der Waals surface area contributed by atoms with Gasteiger partial charge in [-0.1, -0.05) is 0 Å². The van der Waals surface area contributed by atoms with Gasteiger partial charge in [-0.3, -0.25) is 19.5 Å². The van der Waals surface area contributed by atoms with E-state index in [-0.39, 0.29) is 5.91 Å². The fourth-order valence-electron chi connectivity index (χ4n) is 2.80. The minimum Gasteiger partial charge on any atom is -0.318 e. The zero-order valence-corrected chi connectivity index (χ0v) is 15.0. The molecule has 0 saturated carbocycles. The summed E-state index contributed by atoms with van der Waals surface area (Å²) in [6.45, 7) is 5.96. The molecule has 0 aromatic carbocycles. The standard InChI is InChI=1S/C16H20N8OS/c25-15(14-11-26-16(22-14)12-7-18-19-8-12)21-13-9-20-24(10-13)6-5-23-3-1-17-2-4-23/h7-11,17H,1-6H2,(H,18,19)(H,21,25). The van der Waals surface area contributed by atoms with Crippen molar-refractivity contribution in [3.63, 3.8) is 0 Å². The largest absolute Gasteiger partial charge is 0.318 e. The van der Waals surface area contributed by atoms with Crippen LogP contribution in [0.15, 0.2) is 30.2 Å². The fourth-order valence-corrected chi connectivity index (χ4v) is 3.58. The van der Waals surface area contributed by atoms with Gasteiger partial charge in [0.25, 0.3) is 5.91 Å². The molecule has 26 heavy (non-hydrogen) atoms. The molecule has 1 fully saturated rings. The number of hydrogen-bond donors (Lipinski definition) is 3. The van der Waals surface area contributed by atoms with Crippen LogP contribution >= 0.6 is 11.3 Å². The number of carbonyl (C=O) groups excluding carboxylic acids is 1. The number of thiazole rings is 1. The average molecular weight is 372 g/mol. The van der Waals surface area contributed by atoms with E-state index in [4.69, 9.17) is 0 Å². The number of nitrogens with zero attached hydrogens (tertiary/aromatic N) is 5. The lowest BCUT2D eigenvalue weighted by atomic mass is 10.3. The van der Waals surface area contributed by atoms with Gasteiger partial charge in [-0.15, -0.1) is 11.3 Å². The molecule has 136 valence electrons. The Kier molecular flexibility index (Phi) is 5.04. The van der Waals surface area contributed by atoms with Crippen LogP contribution in [0.25, 0.3) is 10.6 Å². The Morgan fingerprint density at radius 1 is 1.27 bits per heavy atom. The molecule has 1 saturated heterocycles. The van der Waals surface area contributed by atoms with Crippen molar-refractivity contribution in [2.75, 3.05) is 38.0 Å². The predicted molar refractivity (Wildman–Crippen MR) is 99.2 cm³/mol. The lowest BCUT2D eigenvalue weighted by Crippen LogP contribution is -2.44. The van der Waals surface area contributed by atoms with Crippen LogP contribution in [0, 0.1) is 0 Å². The number of hydrogen-bond acceptors (Lipinski definition) is 7. The van der Waals surface area contributed by atoms with Gasteiger partial charge in [0.1, 0.15) is 10.7 Å². The second-order valence-electron chi connectivity index (χ2n) is 6.06. The normalized spacial score (nSPS) is 15.2. The molecular formula is C16H20N8OS. The summed E-state index contributed by atoms with van der Waals surface area (Å²) in [5, 5.41) is 19.7. The molecule has 9 nitrogen and oxygen atoms in total. The van der Waals surface area contributed by atoms with Gasteiger partial charge in [-0.2, -0.15) is 10.2 Å². The summed E-state index contributed by atoms with van der Waals surface area (Å²) < 4.78 is 1.86. The summed E-state index contributed by atoms with van der Waals surface area (Å²) in [6, 6.07) is 0. The van der Waals surface area contributed by atoms with Crippen LogP contribution in [-0.4, -0.2) is 68.5 Å². The highest BCUT2D eigenvalue weighted by Gasteiger charge is 2.14. The van der Waals surface area contributed by atoms with E-state index in [9.17, 15) is 4.79 Å². The van der Waals surface area contributed by atoms with Gasteiger partial charge in [0, 0.05) is 56.1 Å². The molecule has 0 unspecified atom stereocenters. The molecule has 3 aromatic heterocycles. The van der Waals surface area contributed by atoms with Crippen LogP contribution in [0.1, 0.15) is 10.5 Å². The van der Waals surface area contributed by atoms with Gasteiger partial charge in [0.05, 0.1) is 24.6 Å². The number of anilines is 1. The summed E-state index contributed by atoms with van der Waals surface area (Å²) in [6.07, 6.45) is 6.95. The van der Waals surface area contributed by atoms with E-state index in [0.29, 0.717) is 11.4 Å². The Morgan fingerprint density at radius 3 is 2.96 bits per heavy atom. The number of H-pyrrole nitrogens is 1. The maximum Gasteiger partial charge on any atom is 0.275 e. The molecule has 0 aliphatic carbocycles. The Labute approximate surface area is 154 Å². The zero-order chi connectivity index (χ0) is 17.8. The summed E-state index contributed by atoms with van der Waals surface area (Å²) in [7, 11) is 0. The van der Waals surface area contributed by atoms with E-state index in [1.165, 1.54) is 11.3 Å². The number of nitrogens with one attached hydrogen (secondary N) is 3. The van der Waals surface area contributed by atoms with Gasteiger partial charge in [-0.05, 0) is 0 Å². The first-order valence-corrected chi connectivity index (χ1v) is 9.37. The second-order valence-corrected chi connectivity index (χ2v) is 6.92. The molecule has 0 radical (unpaired) electrons. The van der Waals surface area contributed by atoms with Gasteiger partial charge >= 0.3 is 0 Å². The van der Waals surface area contributed by atoms with Crippen LogP contribution < -0.4 is 10.6 Å². The number of aromatic nitrogens is 5. The number of aromatic amines is 1. The van der Waals surface area contributed by atoms with Crippen molar-refractivity contribution in [1.29, 1.82) is 0 Å². The van der Waals surface area contributed by atoms with Crippen molar-refractivity contribution in [2.24, 2.45) is 0 Å². The Balaban J connectivity index is 1.32. The number of rotatable bonds is 6. The van der Waals surface area contributed by atoms with Crippen molar-refractivity contribution < 1.29 is 4.79 Å². The molecule has 1 amide bonds. The highest BCUT2D eigenvalue weighted by molar-refractivity contribution is 7.13. The SMILES string of the molecule is O=C(Nc1cnn(CCN2CCNCC2)c1)c1csc(-c2cn[nH]c2)n1. The van der Waals surface area contributed by atoms with Gasteiger partial charge < -0.3 is 10.6 Å². The summed E-state index contributed by atoms with van der Waals surface area (Å²) in [4.78, 5) is 19.1. The van der Waals surface area contributed by atoms with Crippen molar-refractivity contribution >= 4 is 22.9 Å². The molecule has 4 rings (SSSR count). The molecule has 3 N–H and O–H groups in total. The van der Waals surface area contributed by atoms with E-state index in [1.54, 1.807) is 24.0 Å².